The molecule has 1 fully saturated rings. The molecule has 0 spiro atoms. The van der Waals surface area contributed by atoms with Crippen LogP contribution in [0.4, 0.5) is 14.7 Å². The summed E-state index contributed by atoms with van der Waals surface area (Å²) in [6.07, 6.45) is 4.02. The summed E-state index contributed by atoms with van der Waals surface area (Å²) in [5.41, 5.74) is 0.664. The summed E-state index contributed by atoms with van der Waals surface area (Å²) in [5, 5.41) is 2.66. The van der Waals surface area contributed by atoms with Crippen LogP contribution >= 0.6 is 0 Å². The van der Waals surface area contributed by atoms with Crippen LogP contribution in [-0.2, 0) is 16.1 Å². The van der Waals surface area contributed by atoms with Gasteiger partial charge in [-0.3, -0.25) is 4.79 Å². The number of carbonyl (C=O) groups is 1. The van der Waals surface area contributed by atoms with Gasteiger partial charge in [-0.25, -0.2) is 18.7 Å². The maximum Gasteiger partial charge on any atom is 0.244 e. The third-order valence-corrected chi connectivity index (χ3v) is 3.81. The number of hydrogen-bond acceptors (Lipinski definition) is 5. The molecule has 8 heteroatoms. The highest BCUT2D eigenvalue weighted by atomic mass is 19.1. The summed E-state index contributed by atoms with van der Waals surface area (Å²) in [6, 6.07) is 4.77. The van der Waals surface area contributed by atoms with Crippen molar-refractivity contribution >= 4 is 17.9 Å². The number of ether oxygens (including phenoxy) is 1. The monoisotopic (exact) mass is 360 g/mol. The fourth-order valence-electron chi connectivity index (χ4n) is 2.44. The maximum absolute atomic E-state index is 13.5. The molecule has 0 unspecified atom stereocenters. The summed E-state index contributed by atoms with van der Waals surface area (Å²) < 4.78 is 31.9. The van der Waals surface area contributed by atoms with Gasteiger partial charge in [-0.2, -0.15) is 0 Å². The summed E-state index contributed by atoms with van der Waals surface area (Å²) in [6.45, 7) is 2.90. The van der Waals surface area contributed by atoms with Gasteiger partial charge in [0.25, 0.3) is 0 Å². The number of rotatable bonds is 5. The van der Waals surface area contributed by atoms with Gasteiger partial charge in [0.05, 0.1) is 25.5 Å². The molecule has 26 heavy (non-hydrogen) atoms. The molecule has 1 N–H and O–H groups in total. The van der Waals surface area contributed by atoms with Crippen LogP contribution < -0.4 is 10.2 Å². The molecule has 3 rings (SSSR count). The average molecular weight is 360 g/mol. The van der Waals surface area contributed by atoms with Gasteiger partial charge in [-0.1, -0.05) is 0 Å². The van der Waals surface area contributed by atoms with E-state index in [1.165, 1.54) is 6.08 Å². The minimum atomic E-state index is -0.596. The second-order valence-corrected chi connectivity index (χ2v) is 5.66. The van der Waals surface area contributed by atoms with E-state index in [4.69, 9.17) is 4.74 Å². The molecule has 0 atom stereocenters. The second-order valence-electron chi connectivity index (χ2n) is 5.66. The van der Waals surface area contributed by atoms with Crippen LogP contribution in [0.1, 0.15) is 11.3 Å². The number of nitrogens with one attached hydrogen (secondary N) is 1. The number of benzene rings is 1. The highest BCUT2D eigenvalue weighted by molar-refractivity contribution is 5.91. The molecular formula is C18H18F2N4O2. The number of nitrogens with zero attached hydrogens (tertiary/aromatic N) is 3. The van der Waals surface area contributed by atoms with Gasteiger partial charge in [0, 0.05) is 30.9 Å². The molecule has 0 bridgehead atoms. The van der Waals surface area contributed by atoms with E-state index in [0.717, 1.165) is 37.4 Å². The summed E-state index contributed by atoms with van der Waals surface area (Å²) in [7, 11) is 0. The van der Waals surface area contributed by atoms with Crippen molar-refractivity contribution in [1.82, 2.24) is 15.3 Å². The number of carbonyl (C=O) groups excluding carboxylic acids is 1. The predicted octanol–water partition coefficient (Wildman–Crippen LogP) is 1.92. The lowest BCUT2D eigenvalue weighted by molar-refractivity contribution is -0.116. The zero-order valence-corrected chi connectivity index (χ0v) is 14.0. The molecule has 1 aromatic carbocycles. The maximum atomic E-state index is 13.5. The van der Waals surface area contributed by atoms with Crippen LogP contribution in [0.25, 0.3) is 6.08 Å². The lowest BCUT2D eigenvalue weighted by atomic mass is 10.2. The molecule has 1 aromatic heterocycles. The molecule has 2 heterocycles. The second kappa shape index (κ2) is 8.48. The highest BCUT2D eigenvalue weighted by Crippen LogP contribution is 2.12. The molecule has 6 nitrogen and oxygen atoms in total. The third kappa shape index (κ3) is 4.82. The molecule has 0 aliphatic carbocycles. The molecular weight excluding hydrogens is 342 g/mol. The van der Waals surface area contributed by atoms with E-state index in [-0.39, 0.29) is 12.1 Å². The van der Waals surface area contributed by atoms with E-state index >= 15 is 0 Å². The first-order valence-electron chi connectivity index (χ1n) is 8.17. The molecule has 136 valence electrons. The van der Waals surface area contributed by atoms with Gasteiger partial charge in [0.15, 0.2) is 0 Å². The Hall–Kier alpha value is -2.87. The SMILES string of the molecule is O=C(/C=C/c1cc(F)ccc1F)NCc1ccnc(N2CCOCC2)n1. The topological polar surface area (TPSA) is 67.4 Å². The standard InChI is InChI=1S/C18H18F2N4O2/c19-14-2-3-16(20)13(11-14)1-4-17(25)22-12-15-5-6-21-18(23-15)24-7-9-26-10-8-24/h1-6,11H,7-10,12H2,(H,22,25)/b4-1+. The van der Waals surface area contributed by atoms with Crippen molar-refractivity contribution in [2.45, 2.75) is 6.54 Å². The van der Waals surface area contributed by atoms with E-state index in [0.29, 0.717) is 24.9 Å². The first-order valence-corrected chi connectivity index (χ1v) is 8.17. The van der Waals surface area contributed by atoms with Crippen molar-refractivity contribution in [3.05, 3.63) is 59.4 Å². The first-order chi connectivity index (χ1) is 12.6. The van der Waals surface area contributed by atoms with E-state index < -0.39 is 17.5 Å². The van der Waals surface area contributed by atoms with Crippen molar-refractivity contribution in [2.24, 2.45) is 0 Å². The minimum Gasteiger partial charge on any atom is -0.378 e. The van der Waals surface area contributed by atoms with Crippen LogP contribution in [0, 0.1) is 11.6 Å². The zero-order chi connectivity index (χ0) is 18.4. The lowest BCUT2D eigenvalue weighted by Gasteiger charge is -2.26. The van der Waals surface area contributed by atoms with Crippen molar-refractivity contribution in [2.75, 3.05) is 31.2 Å². The Kier molecular flexibility index (Phi) is 5.85. The molecule has 0 radical (unpaired) electrons. The van der Waals surface area contributed by atoms with Crippen LogP contribution in [0.15, 0.2) is 36.5 Å². The van der Waals surface area contributed by atoms with E-state index in [2.05, 4.69) is 15.3 Å². The summed E-state index contributed by atoms with van der Waals surface area (Å²) >= 11 is 0. The van der Waals surface area contributed by atoms with Crippen molar-refractivity contribution < 1.29 is 18.3 Å². The van der Waals surface area contributed by atoms with Crippen molar-refractivity contribution in [3.63, 3.8) is 0 Å². The van der Waals surface area contributed by atoms with Gasteiger partial charge in [-0.15, -0.1) is 0 Å². The Labute approximate surface area is 149 Å². The Morgan fingerprint density at radius 2 is 2.08 bits per heavy atom. The van der Waals surface area contributed by atoms with Gasteiger partial charge < -0.3 is 15.0 Å². The van der Waals surface area contributed by atoms with Crippen LogP contribution in [0.5, 0.6) is 0 Å². The lowest BCUT2D eigenvalue weighted by Crippen LogP contribution is -2.37. The molecule has 1 aliphatic heterocycles. The van der Waals surface area contributed by atoms with Gasteiger partial charge in [0.2, 0.25) is 11.9 Å². The Morgan fingerprint density at radius 1 is 1.27 bits per heavy atom. The van der Waals surface area contributed by atoms with E-state index in [1.54, 1.807) is 12.3 Å². The fraction of sp³-hybridized carbons (Fsp3) is 0.278. The molecule has 1 amide bonds. The first kappa shape index (κ1) is 17.9. The summed E-state index contributed by atoms with van der Waals surface area (Å²) in [4.78, 5) is 22.6. The number of amides is 1. The van der Waals surface area contributed by atoms with Gasteiger partial charge >= 0.3 is 0 Å². The normalized spacial score (nSPS) is 14.6. The highest BCUT2D eigenvalue weighted by Gasteiger charge is 2.14. The quantitative estimate of drug-likeness (QED) is 0.826. The number of halogens is 2. The molecule has 1 aliphatic rings. The van der Waals surface area contributed by atoms with Crippen LogP contribution in [-0.4, -0.2) is 42.2 Å². The van der Waals surface area contributed by atoms with Crippen LogP contribution in [0.3, 0.4) is 0 Å². The summed E-state index contributed by atoms with van der Waals surface area (Å²) in [5.74, 6) is -0.998. The van der Waals surface area contributed by atoms with Crippen LogP contribution in [0.2, 0.25) is 0 Å². The molecule has 1 saturated heterocycles. The fourth-order valence-corrected chi connectivity index (χ4v) is 2.44. The Morgan fingerprint density at radius 3 is 2.88 bits per heavy atom. The number of hydrogen-bond donors (Lipinski definition) is 1. The number of morpholine rings is 1. The zero-order valence-electron chi connectivity index (χ0n) is 14.0. The third-order valence-electron chi connectivity index (χ3n) is 3.81. The molecule has 2 aromatic rings. The van der Waals surface area contributed by atoms with Gasteiger partial charge in [0.1, 0.15) is 11.6 Å². The van der Waals surface area contributed by atoms with E-state index in [1.807, 2.05) is 4.90 Å². The van der Waals surface area contributed by atoms with E-state index in [9.17, 15) is 13.6 Å². The Bertz CT molecular complexity index is 808. The number of aromatic nitrogens is 2. The van der Waals surface area contributed by atoms with Crippen molar-refractivity contribution in [1.29, 1.82) is 0 Å². The largest absolute Gasteiger partial charge is 0.378 e. The predicted molar refractivity (Wildman–Crippen MR) is 92.3 cm³/mol. The molecule has 0 saturated carbocycles. The van der Waals surface area contributed by atoms with Gasteiger partial charge in [-0.05, 0) is 30.3 Å². The smallest absolute Gasteiger partial charge is 0.244 e. The average Bonchev–Trinajstić information content (AvgIpc) is 2.68. The number of anilines is 1. The minimum absolute atomic E-state index is 0.0109. The Balaban J connectivity index is 1.57. The van der Waals surface area contributed by atoms with Crippen molar-refractivity contribution in [3.8, 4) is 0 Å².